The molecule has 5 N–H and O–H groups in total. The van der Waals surface area contributed by atoms with Crippen molar-refractivity contribution in [2.75, 3.05) is 13.1 Å². The van der Waals surface area contributed by atoms with Crippen molar-refractivity contribution < 1.29 is 14.4 Å². The van der Waals surface area contributed by atoms with Crippen molar-refractivity contribution in [2.45, 2.75) is 38.3 Å². The van der Waals surface area contributed by atoms with E-state index in [4.69, 9.17) is 11.5 Å². The van der Waals surface area contributed by atoms with Crippen LogP contribution in [-0.4, -0.2) is 47.8 Å². The molecule has 0 aromatic heterocycles. The largest absolute Gasteiger partial charge is 0.368 e. The van der Waals surface area contributed by atoms with Crippen LogP contribution in [0.1, 0.15) is 26.2 Å². The summed E-state index contributed by atoms with van der Waals surface area (Å²) in [6.45, 7) is 2.15. The molecule has 1 heterocycles. The molecular formula is C11H20N4O3. The van der Waals surface area contributed by atoms with Gasteiger partial charge in [0.2, 0.25) is 17.7 Å². The zero-order valence-corrected chi connectivity index (χ0v) is 10.5. The highest BCUT2D eigenvalue weighted by atomic mass is 16.2. The molecule has 1 aliphatic heterocycles. The van der Waals surface area contributed by atoms with Gasteiger partial charge in [0, 0.05) is 6.54 Å². The SMILES string of the molecule is CC[C@H](N)C(=O)NCC(=O)N1CCCC1C(N)=O. The highest BCUT2D eigenvalue weighted by Gasteiger charge is 2.32. The maximum absolute atomic E-state index is 11.8. The van der Waals surface area contributed by atoms with Crippen LogP contribution in [0.3, 0.4) is 0 Å². The van der Waals surface area contributed by atoms with Crippen molar-refractivity contribution in [3.63, 3.8) is 0 Å². The van der Waals surface area contributed by atoms with Crippen molar-refractivity contribution in [1.82, 2.24) is 10.2 Å². The zero-order chi connectivity index (χ0) is 13.7. The van der Waals surface area contributed by atoms with Gasteiger partial charge in [0.25, 0.3) is 0 Å². The van der Waals surface area contributed by atoms with Crippen LogP contribution in [-0.2, 0) is 14.4 Å². The van der Waals surface area contributed by atoms with Crippen LogP contribution in [0.25, 0.3) is 0 Å². The Balaban J connectivity index is 2.46. The summed E-state index contributed by atoms with van der Waals surface area (Å²) in [5.74, 6) is -1.16. The number of primary amides is 1. The first-order chi connectivity index (χ1) is 8.47. The van der Waals surface area contributed by atoms with Crippen LogP contribution in [0.2, 0.25) is 0 Å². The molecular weight excluding hydrogens is 236 g/mol. The minimum Gasteiger partial charge on any atom is -0.368 e. The highest BCUT2D eigenvalue weighted by Crippen LogP contribution is 2.16. The third-order valence-corrected chi connectivity index (χ3v) is 3.09. The lowest BCUT2D eigenvalue weighted by atomic mass is 10.2. The van der Waals surface area contributed by atoms with Crippen molar-refractivity contribution in [1.29, 1.82) is 0 Å². The molecule has 3 amide bonds. The Bertz CT molecular complexity index is 345. The summed E-state index contributed by atoms with van der Waals surface area (Å²) in [6, 6.07) is -1.16. The highest BCUT2D eigenvalue weighted by molar-refractivity contribution is 5.90. The summed E-state index contributed by atoms with van der Waals surface area (Å²) in [5, 5.41) is 2.46. The van der Waals surface area contributed by atoms with Gasteiger partial charge in [0.1, 0.15) is 6.04 Å². The lowest BCUT2D eigenvalue weighted by molar-refractivity contribution is -0.137. The average Bonchev–Trinajstić information content (AvgIpc) is 2.83. The summed E-state index contributed by atoms with van der Waals surface area (Å²) >= 11 is 0. The van der Waals surface area contributed by atoms with Crippen LogP contribution >= 0.6 is 0 Å². The summed E-state index contributed by atoms with van der Waals surface area (Å²) in [6.07, 6.45) is 1.85. The van der Waals surface area contributed by atoms with Crippen LogP contribution in [0.15, 0.2) is 0 Å². The smallest absolute Gasteiger partial charge is 0.242 e. The molecule has 1 rings (SSSR count). The Morgan fingerprint density at radius 2 is 2.11 bits per heavy atom. The number of hydrogen-bond acceptors (Lipinski definition) is 4. The molecule has 1 aliphatic rings. The van der Waals surface area contributed by atoms with E-state index in [9.17, 15) is 14.4 Å². The second-order valence-electron chi connectivity index (χ2n) is 4.38. The van der Waals surface area contributed by atoms with Crippen LogP contribution in [0, 0.1) is 0 Å². The van der Waals surface area contributed by atoms with Crippen LogP contribution in [0.4, 0.5) is 0 Å². The third-order valence-electron chi connectivity index (χ3n) is 3.09. The summed E-state index contributed by atoms with van der Waals surface area (Å²) < 4.78 is 0. The van der Waals surface area contributed by atoms with E-state index >= 15 is 0 Å². The van der Waals surface area contributed by atoms with Gasteiger partial charge in [-0.15, -0.1) is 0 Å². The fourth-order valence-electron chi connectivity index (χ4n) is 1.94. The molecule has 1 saturated heterocycles. The fourth-order valence-corrected chi connectivity index (χ4v) is 1.94. The molecule has 7 nitrogen and oxygen atoms in total. The van der Waals surface area contributed by atoms with Gasteiger partial charge in [0.15, 0.2) is 0 Å². The van der Waals surface area contributed by atoms with Gasteiger partial charge in [-0.1, -0.05) is 6.92 Å². The third kappa shape index (κ3) is 3.43. The van der Waals surface area contributed by atoms with Gasteiger partial charge >= 0.3 is 0 Å². The molecule has 0 aromatic rings. The van der Waals surface area contributed by atoms with E-state index in [-0.39, 0.29) is 18.4 Å². The Labute approximate surface area is 106 Å². The number of amides is 3. The Hall–Kier alpha value is -1.63. The number of hydrogen-bond donors (Lipinski definition) is 3. The molecule has 0 radical (unpaired) electrons. The molecule has 0 aromatic carbocycles. The number of nitrogens with two attached hydrogens (primary N) is 2. The molecule has 0 spiro atoms. The number of carbonyl (C=O) groups excluding carboxylic acids is 3. The van der Waals surface area contributed by atoms with Crippen molar-refractivity contribution in [3.8, 4) is 0 Å². The van der Waals surface area contributed by atoms with Gasteiger partial charge in [-0.2, -0.15) is 0 Å². The summed E-state index contributed by atoms with van der Waals surface area (Å²) in [4.78, 5) is 35.8. The maximum atomic E-state index is 11.8. The average molecular weight is 256 g/mol. The molecule has 1 unspecified atom stereocenters. The van der Waals surface area contributed by atoms with E-state index in [0.29, 0.717) is 19.4 Å². The number of nitrogens with zero attached hydrogens (tertiary/aromatic N) is 1. The molecule has 18 heavy (non-hydrogen) atoms. The second-order valence-corrected chi connectivity index (χ2v) is 4.38. The molecule has 0 bridgehead atoms. The molecule has 7 heteroatoms. The van der Waals surface area contributed by atoms with Crippen molar-refractivity contribution >= 4 is 17.7 Å². The van der Waals surface area contributed by atoms with Gasteiger partial charge in [-0.05, 0) is 19.3 Å². The van der Waals surface area contributed by atoms with E-state index in [1.807, 2.05) is 0 Å². The van der Waals surface area contributed by atoms with Crippen molar-refractivity contribution in [2.24, 2.45) is 11.5 Å². The molecule has 102 valence electrons. The van der Waals surface area contributed by atoms with E-state index in [0.717, 1.165) is 6.42 Å². The number of nitrogens with one attached hydrogen (secondary N) is 1. The van der Waals surface area contributed by atoms with E-state index in [1.54, 1.807) is 6.92 Å². The van der Waals surface area contributed by atoms with Crippen LogP contribution < -0.4 is 16.8 Å². The Morgan fingerprint density at radius 1 is 1.44 bits per heavy atom. The first-order valence-electron chi connectivity index (χ1n) is 6.09. The minimum atomic E-state index is -0.608. The second kappa shape index (κ2) is 6.34. The topological polar surface area (TPSA) is 119 Å². The summed E-state index contributed by atoms with van der Waals surface area (Å²) in [5.41, 5.74) is 10.7. The predicted octanol–water partition coefficient (Wildman–Crippen LogP) is -1.68. The minimum absolute atomic E-state index is 0.143. The fraction of sp³-hybridized carbons (Fsp3) is 0.727. The normalized spacial score (nSPS) is 20.6. The van der Waals surface area contributed by atoms with E-state index < -0.39 is 18.0 Å². The standard InChI is InChI=1S/C11H20N4O3/c1-2-7(12)11(18)14-6-9(16)15-5-3-4-8(15)10(13)17/h7-8H,2-6,12H2,1H3,(H2,13,17)(H,14,18)/t7-,8?/m0/s1. The number of rotatable bonds is 5. The zero-order valence-electron chi connectivity index (χ0n) is 10.5. The number of carbonyl (C=O) groups is 3. The molecule has 1 fully saturated rings. The first kappa shape index (κ1) is 14.4. The van der Waals surface area contributed by atoms with Gasteiger partial charge in [-0.25, -0.2) is 0 Å². The summed E-state index contributed by atoms with van der Waals surface area (Å²) in [7, 11) is 0. The monoisotopic (exact) mass is 256 g/mol. The first-order valence-corrected chi connectivity index (χ1v) is 6.09. The molecule has 0 aliphatic carbocycles. The predicted molar refractivity (Wildman–Crippen MR) is 65.2 cm³/mol. The van der Waals surface area contributed by atoms with Gasteiger partial charge < -0.3 is 21.7 Å². The van der Waals surface area contributed by atoms with Crippen LogP contribution in [0.5, 0.6) is 0 Å². The Morgan fingerprint density at radius 3 is 2.67 bits per heavy atom. The molecule has 0 saturated carbocycles. The van der Waals surface area contributed by atoms with Crippen molar-refractivity contribution in [3.05, 3.63) is 0 Å². The van der Waals surface area contributed by atoms with Gasteiger partial charge in [0.05, 0.1) is 12.6 Å². The lowest BCUT2D eigenvalue weighted by Gasteiger charge is -2.22. The van der Waals surface area contributed by atoms with E-state index in [2.05, 4.69) is 5.32 Å². The lowest BCUT2D eigenvalue weighted by Crippen LogP contribution is -2.49. The molecule has 2 atom stereocenters. The maximum Gasteiger partial charge on any atom is 0.242 e. The quantitative estimate of drug-likeness (QED) is 0.544. The number of likely N-dealkylation sites (tertiary alicyclic amines) is 1. The van der Waals surface area contributed by atoms with Gasteiger partial charge in [-0.3, -0.25) is 14.4 Å². The Kier molecular flexibility index (Phi) is 5.08. The van der Waals surface area contributed by atoms with E-state index in [1.165, 1.54) is 4.90 Å².